The fourth-order valence-electron chi connectivity index (χ4n) is 2.79. The average molecular weight is 317 g/mol. The second-order valence-electron chi connectivity index (χ2n) is 5.71. The third kappa shape index (κ3) is 4.27. The molecule has 1 fully saturated rings. The van der Waals surface area contributed by atoms with E-state index in [1.165, 1.54) is 0 Å². The van der Waals surface area contributed by atoms with Crippen LogP contribution in [-0.2, 0) is 11.3 Å². The summed E-state index contributed by atoms with van der Waals surface area (Å²) in [5.74, 6) is 2.51. The minimum absolute atomic E-state index is 0.141. The van der Waals surface area contributed by atoms with Crippen LogP contribution in [0.15, 0.2) is 28.9 Å². The molecule has 2 aromatic rings. The molecule has 7 nitrogen and oxygen atoms in total. The van der Waals surface area contributed by atoms with Crippen LogP contribution in [0.3, 0.4) is 0 Å². The monoisotopic (exact) mass is 317 g/mol. The summed E-state index contributed by atoms with van der Waals surface area (Å²) in [5.41, 5.74) is 0. The number of oxazole rings is 1. The van der Waals surface area contributed by atoms with Gasteiger partial charge >= 0.3 is 0 Å². The van der Waals surface area contributed by atoms with Crippen molar-refractivity contribution in [2.45, 2.75) is 26.5 Å². The molecule has 1 atom stereocenters. The Morgan fingerprint density at radius 2 is 2.35 bits per heavy atom. The van der Waals surface area contributed by atoms with Crippen LogP contribution < -0.4 is 4.90 Å². The molecule has 0 radical (unpaired) electrons. The molecule has 1 aliphatic rings. The molecule has 0 spiro atoms. The average Bonchev–Trinajstić information content (AvgIpc) is 2.99. The van der Waals surface area contributed by atoms with Crippen molar-refractivity contribution in [2.75, 3.05) is 37.7 Å². The molecule has 7 heteroatoms. The van der Waals surface area contributed by atoms with Gasteiger partial charge in [0.15, 0.2) is 5.82 Å². The quantitative estimate of drug-likeness (QED) is 0.799. The Kier molecular flexibility index (Phi) is 5.19. The van der Waals surface area contributed by atoms with Crippen molar-refractivity contribution in [2.24, 2.45) is 0 Å². The fourth-order valence-corrected chi connectivity index (χ4v) is 2.79. The maximum Gasteiger partial charge on any atom is 0.208 e. The van der Waals surface area contributed by atoms with E-state index in [0.29, 0.717) is 0 Å². The molecule has 0 aliphatic carbocycles. The largest absolute Gasteiger partial charge is 0.445 e. The van der Waals surface area contributed by atoms with Gasteiger partial charge in [0.2, 0.25) is 5.89 Å². The molecule has 2 aromatic heterocycles. The number of ether oxygens (including phenoxy) is 1. The molecule has 0 saturated carbocycles. The zero-order chi connectivity index (χ0) is 16.1. The van der Waals surface area contributed by atoms with Crippen molar-refractivity contribution in [1.29, 1.82) is 0 Å². The van der Waals surface area contributed by atoms with Crippen molar-refractivity contribution in [1.82, 2.24) is 20.1 Å². The summed E-state index contributed by atoms with van der Waals surface area (Å²) in [6.45, 7) is 8.91. The summed E-state index contributed by atoms with van der Waals surface area (Å²) < 4.78 is 11.5. The van der Waals surface area contributed by atoms with Crippen molar-refractivity contribution >= 4 is 5.82 Å². The van der Waals surface area contributed by atoms with E-state index >= 15 is 0 Å². The molecule has 0 bridgehead atoms. The Hall–Kier alpha value is -1.99. The van der Waals surface area contributed by atoms with Gasteiger partial charge in [0.05, 0.1) is 25.5 Å². The molecule has 0 aromatic carbocycles. The molecule has 3 rings (SSSR count). The maximum atomic E-state index is 5.92. The summed E-state index contributed by atoms with van der Waals surface area (Å²) in [7, 11) is 0. The fraction of sp³-hybridized carbons (Fsp3) is 0.562. The smallest absolute Gasteiger partial charge is 0.208 e. The van der Waals surface area contributed by atoms with Gasteiger partial charge in [-0.05, 0) is 26.0 Å². The van der Waals surface area contributed by atoms with Crippen LogP contribution in [0.2, 0.25) is 0 Å². The number of hydrogen-bond donors (Lipinski definition) is 0. The lowest BCUT2D eigenvalue weighted by atomic mass is 10.2. The molecule has 1 aliphatic heterocycles. The summed E-state index contributed by atoms with van der Waals surface area (Å²) in [6.07, 6.45) is 3.59. The van der Waals surface area contributed by atoms with E-state index in [0.717, 1.165) is 56.8 Å². The van der Waals surface area contributed by atoms with Gasteiger partial charge in [-0.3, -0.25) is 4.90 Å². The standard InChI is InChI=1S/C16H23N5O2/c1-3-21(15-5-4-6-18-19-15)11-14-10-20(7-8-22-14)12-16-17-9-13(2)23-16/h4-6,9,14H,3,7-8,10-12H2,1-2H3/t14-/m1/s1. The predicted molar refractivity (Wildman–Crippen MR) is 86.2 cm³/mol. The Bertz CT molecular complexity index is 604. The van der Waals surface area contributed by atoms with Crippen LogP contribution >= 0.6 is 0 Å². The second-order valence-corrected chi connectivity index (χ2v) is 5.71. The van der Waals surface area contributed by atoms with Gasteiger partial charge in [0.1, 0.15) is 5.76 Å². The molecule has 3 heterocycles. The third-order valence-corrected chi connectivity index (χ3v) is 3.94. The summed E-state index contributed by atoms with van der Waals surface area (Å²) in [6, 6.07) is 3.89. The van der Waals surface area contributed by atoms with Crippen LogP contribution in [0, 0.1) is 6.92 Å². The molecule has 0 N–H and O–H groups in total. The lowest BCUT2D eigenvalue weighted by Crippen LogP contribution is -2.47. The van der Waals surface area contributed by atoms with E-state index in [-0.39, 0.29) is 6.10 Å². The number of rotatable bonds is 6. The third-order valence-electron chi connectivity index (χ3n) is 3.94. The lowest BCUT2D eigenvalue weighted by molar-refractivity contribution is -0.0291. The van der Waals surface area contributed by atoms with E-state index in [1.54, 1.807) is 12.4 Å². The number of anilines is 1. The Balaban J connectivity index is 1.57. The number of likely N-dealkylation sites (N-methyl/N-ethyl adjacent to an activating group) is 1. The maximum absolute atomic E-state index is 5.92. The highest BCUT2D eigenvalue weighted by molar-refractivity contribution is 5.36. The Labute approximate surface area is 136 Å². The number of aryl methyl sites for hydroxylation is 1. The molecular formula is C16H23N5O2. The summed E-state index contributed by atoms with van der Waals surface area (Å²) in [5, 5.41) is 8.14. The van der Waals surface area contributed by atoms with Gasteiger partial charge in [0, 0.05) is 32.4 Å². The Morgan fingerprint density at radius 3 is 3.04 bits per heavy atom. The van der Waals surface area contributed by atoms with Gasteiger partial charge in [-0.25, -0.2) is 4.98 Å². The van der Waals surface area contributed by atoms with Gasteiger partial charge in [-0.15, -0.1) is 5.10 Å². The SMILES string of the molecule is CCN(C[C@H]1CN(Cc2ncc(C)o2)CCO1)c1cccnn1. The van der Waals surface area contributed by atoms with Crippen molar-refractivity contribution < 1.29 is 9.15 Å². The summed E-state index contributed by atoms with van der Waals surface area (Å²) in [4.78, 5) is 8.80. The number of nitrogens with zero attached hydrogens (tertiary/aromatic N) is 5. The molecule has 1 saturated heterocycles. The van der Waals surface area contributed by atoms with Crippen molar-refractivity contribution in [3.05, 3.63) is 36.2 Å². The number of aromatic nitrogens is 3. The first kappa shape index (κ1) is 15.9. The van der Waals surface area contributed by atoms with E-state index in [2.05, 4.69) is 31.9 Å². The predicted octanol–water partition coefficient (Wildman–Crippen LogP) is 1.50. The minimum Gasteiger partial charge on any atom is -0.445 e. The highest BCUT2D eigenvalue weighted by Gasteiger charge is 2.24. The van der Waals surface area contributed by atoms with E-state index in [4.69, 9.17) is 9.15 Å². The highest BCUT2D eigenvalue weighted by atomic mass is 16.5. The molecular weight excluding hydrogens is 294 g/mol. The van der Waals surface area contributed by atoms with E-state index in [9.17, 15) is 0 Å². The molecule has 0 unspecified atom stereocenters. The number of morpholine rings is 1. The topological polar surface area (TPSA) is 67.5 Å². The van der Waals surface area contributed by atoms with Gasteiger partial charge in [-0.2, -0.15) is 5.10 Å². The van der Waals surface area contributed by atoms with Crippen molar-refractivity contribution in [3.63, 3.8) is 0 Å². The van der Waals surface area contributed by atoms with Crippen LogP contribution in [-0.4, -0.2) is 59.0 Å². The van der Waals surface area contributed by atoms with Crippen molar-refractivity contribution in [3.8, 4) is 0 Å². The molecule has 23 heavy (non-hydrogen) atoms. The van der Waals surface area contributed by atoms with Crippen LogP contribution in [0.5, 0.6) is 0 Å². The van der Waals surface area contributed by atoms with Crippen LogP contribution in [0.4, 0.5) is 5.82 Å². The Morgan fingerprint density at radius 1 is 1.43 bits per heavy atom. The number of hydrogen-bond acceptors (Lipinski definition) is 7. The molecule has 0 amide bonds. The van der Waals surface area contributed by atoms with Gasteiger partial charge in [-0.1, -0.05) is 0 Å². The zero-order valence-electron chi connectivity index (χ0n) is 13.7. The normalized spacial score (nSPS) is 19.0. The first-order valence-electron chi connectivity index (χ1n) is 8.02. The van der Waals surface area contributed by atoms with Gasteiger partial charge < -0.3 is 14.1 Å². The van der Waals surface area contributed by atoms with E-state index in [1.807, 2.05) is 19.1 Å². The zero-order valence-corrected chi connectivity index (χ0v) is 13.7. The second kappa shape index (κ2) is 7.52. The first-order valence-corrected chi connectivity index (χ1v) is 8.02. The summed E-state index contributed by atoms with van der Waals surface area (Å²) >= 11 is 0. The first-order chi connectivity index (χ1) is 11.2. The minimum atomic E-state index is 0.141. The van der Waals surface area contributed by atoms with Crippen LogP contribution in [0.25, 0.3) is 0 Å². The molecule has 124 valence electrons. The lowest BCUT2D eigenvalue weighted by Gasteiger charge is -2.35. The van der Waals surface area contributed by atoms with Crippen LogP contribution in [0.1, 0.15) is 18.6 Å². The van der Waals surface area contributed by atoms with E-state index < -0.39 is 0 Å². The highest BCUT2D eigenvalue weighted by Crippen LogP contribution is 2.14. The van der Waals surface area contributed by atoms with Gasteiger partial charge in [0.25, 0.3) is 0 Å².